The standard InChI is InChI=1S/C21H17Cl2FN2O3S2/c22-14-3-1-4-16(11-14)26-31(28,29)17-9-7-15(8-10-17)25-21(27)13-30-12-18-19(23)5-2-6-20(18)24/h1-11,26H,12-13H2,(H,25,27). The number of anilines is 2. The number of nitrogens with one attached hydrogen (secondary N) is 2. The Kier molecular flexibility index (Phi) is 7.83. The van der Waals surface area contributed by atoms with E-state index in [-0.39, 0.29) is 22.3 Å². The summed E-state index contributed by atoms with van der Waals surface area (Å²) in [5, 5.41) is 3.40. The molecular formula is C21H17Cl2FN2O3S2. The summed E-state index contributed by atoms with van der Waals surface area (Å²) in [5.41, 5.74) is 1.14. The van der Waals surface area contributed by atoms with Crippen molar-refractivity contribution in [3.05, 3.63) is 88.2 Å². The molecule has 0 aliphatic heterocycles. The van der Waals surface area contributed by atoms with Gasteiger partial charge in [0.05, 0.1) is 16.3 Å². The Morgan fingerprint density at radius 3 is 2.35 bits per heavy atom. The quantitative estimate of drug-likeness (QED) is 0.411. The first kappa shape index (κ1) is 23.4. The number of halogens is 3. The summed E-state index contributed by atoms with van der Waals surface area (Å²) in [6, 6.07) is 16.5. The van der Waals surface area contributed by atoms with Crippen LogP contribution in [0.2, 0.25) is 10.0 Å². The van der Waals surface area contributed by atoms with Gasteiger partial charge in [-0.1, -0.05) is 35.3 Å². The Balaban J connectivity index is 1.55. The monoisotopic (exact) mass is 498 g/mol. The molecule has 3 rings (SSSR count). The number of hydrogen-bond acceptors (Lipinski definition) is 4. The molecule has 0 saturated heterocycles. The zero-order valence-corrected chi connectivity index (χ0v) is 19.1. The topological polar surface area (TPSA) is 75.3 Å². The molecule has 0 aliphatic rings. The lowest BCUT2D eigenvalue weighted by Gasteiger charge is -2.10. The van der Waals surface area contributed by atoms with Gasteiger partial charge in [0.25, 0.3) is 10.0 Å². The fourth-order valence-electron chi connectivity index (χ4n) is 2.60. The van der Waals surface area contributed by atoms with E-state index in [1.165, 1.54) is 54.2 Å². The van der Waals surface area contributed by atoms with Crippen molar-refractivity contribution in [2.24, 2.45) is 0 Å². The molecule has 162 valence electrons. The Hall–Kier alpha value is -2.26. The molecule has 10 heteroatoms. The van der Waals surface area contributed by atoms with Crippen LogP contribution in [-0.2, 0) is 20.6 Å². The zero-order chi connectivity index (χ0) is 22.4. The van der Waals surface area contributed by atoms with Crippen LogP contribution in [-0.4, -0.2) is 20.1 Å². The van der Waals surface area contributed by atoms with Crippen LogP contribution in [0.3, 0.4) is 0 Å². The van der Waals surface area contributed by atoms with Crippen LogP contribution >= 0.6 is 35.0 Å². The highest BCUT2D eigenvalue weighted by atomic mass is 35.5. The second-order valence-corrected chi connectivity index (χ2v) is 9.89. The number of rotatable bonds is 8. The summed E-state index contributed by atoms with van der Waals surface area (Å²) in [5.74, 6) is -0.375. The van der Waals surface area contributed by atoms with Gasteiger partial charge >= 0.3 is 0 Å². The Bertz CT molecular complexity index is 1170. The van der Waals surface area contributed by atoms with Crippen molar-refractivity contribution < 1.29 is 17.6 Å². The number of sulfonamides is 1. The van der Waals surface area contributed by atoms with Gasteiger partial charge in [0.1, 0.15) is 5.82 Å². The highest BCUT2D eigenvalue weighted by Crippen LogP contribution is 2.24. The van der Waals surface area contributed by atoms with Crippen molar-refractivity contribution in [1.29, 1.82) is 0 Å². The van der Waals surface area contributed by atoms with Crippen molar-refractivity contribution in [2.45, 2.75) is 10.6 Å². The van der Waals surface area contributed by atoms with Crippen LogP contribution in [0.15, 0.2) is 71.6 Å². The SMILES string of the molecule is O=C(CSCc1c(F)cccc1Cl)Nc1ccc(S(=O)(=O)Nc2cccc(Cl)c2)cc1. The Labute approximate surface area is 194 Å². The van der Waals surface area contributed by atoms with E-state index in [0.29, 0.717) is 27.0 Å². The highest BCUT2D eigenvalue weighted by molar-refractivity contribution is 7.99. The molecule has 0 saturated carbocycles. The lowest BCUT2D eigenvalue weighted by molar-refractivity contribution is -0.113. The molecule has 2 N–H and O–H groups in total. The minimum absolute atomic E-state index is 0.0362. The van der Waals surface area contributed by atoms with Gasteiger partial charge in [0.15, 0.2) is 0 Å². The maximum atomic E-state index is 13.8. The van der Waals surface area contributed by atoms with E-state index >= 15 is 0 Å². The molecular weight excluding hydrogens is 482 g/mol. The lowest BCUT2D eigenvalue weighted by Crippen LogP contribution is -2.15. The maximum Gasteiger partial charge on any atom is 0.261 e. The van der Waals surface area contributed by atoms with Crippen molar-refractivity contribution in [3.8, 4) is 0 Å². The van der Waals surface area contributed by atoms with Gasteiger partial charge in [-0.3, -0.25) is 9.52 Å². The Morgan fingerprint density at radius 1 is 0.968 bits per heavy atom. The number of carbonyl (C=O) groups is 1. The van der Waals surface area contributed by atoms with Gasteiger partial charge in [-0.2, -0.15) is 0 Å². The van der Waals surface area contributed by atoms with Crippen LogP contribution in [0.25, 0.3) is 0 Å². The van der Waals surface area contributed by atoms with Crippen molar-refractivity contribution in [1.82, 2.24) is 0 Å². The smallest absolute Gasteiger partial charge is 0.261 e. The number of thioether (sulfide) groups is 1. The highest BCUT2D eigenvalue weighted by Gasteiger charge is 2.15. The minimum Gasteiger partial charge on any atom is -0.325 e. The zero-order valence-electron chi connectivity index (χ0n) is 15.9. The summed E-state index contributed by atoms with van der Waals surface area (Å²) >= 11 is 13.1. The molecule has 0 aliphatic carbocycles. The molecule has 0 heterocycles. The maximum absolute atomic E-state index is 13.8. The molecule has 0 aromatic heterocycles. The van der Waals surface area contributed by atoms with E-state index in [4.69, 9.17) is 23.2 Å². The molecule has 0 unspecified atom stereocenters. The minimum atomic E-state index is -3.80. The van der Waals surface area contributed by atoms with E-state index in [1.807, 2.05) is 0 Å². The summed E-state index contributed by atoms with van der Waals surface area (Å²) in [7, 11) is -3.80. The van der Waals surface area contributed by atoms with Crippen LogP contribution < -0.4 is 10.0 Å². The van der Waals surface area contributed by atoms with Crippen molar-refractivity contribution in [2.75, 3.05) is 15.8 Å². The fourth-order valence-corrected chi connectivity index (χ4v) is 5.00. The summed E-state index contributed by atoms with van der Waals surface area (Å²) in [4.78, 5) is 12.2. The molecule has 3 aromatic carbocycles. The van der Waals surface area contributed by atoms with Crippen molar-refractivity contribution in [3.63, 3.8) is 0 Å². The number of carbonyl (C=O) groups excluding carboxylic acids is 1. The molecule has 0 fully saturated rings. The van der Waals surface area contributed by atoms with Crippen LogP contribution in [0.5, 0.6) is 0 Å². The normalized spacial score (nSPS) is 11.2. The molecule has 0 radical (unpaired) electrons. The largest absolute Gasteiger partial charge is 0.325 e. The first-order valence-corrected chi connectivity index (χ1v) is 12.3. The van der Waals surface area contributed by atoms with Gasteiger partial charge in [-0.15, -0.1) is 11.8 Å². The average molecular weight is 499 g/mol. The van der Waals surface area contributed by atoms with Crippen LogP contribution in [0.1, 0.15) is 5.56 Å². The van der Waals surface area contributed by atoms with Gasteiger partial charge in [0, 0.05) is 27.0 Å². The second kappa shape index (κ2) is 10.4. The van der Waals surface area contributed by atoms with E-state index in [0.717, 1.165) is 0 Å². The van der Waals surface area contributed by atoms with E-state index < -0.39 is 15.8 Å². The summed E-state index contributed by atoms with van der Waals surface area (Å²) in [6.45, 7) is 0. The third kappa shape index (κ3) is 6.61. The average Bonchev–Trinajstić information content (AvgIpc) is 2.70. The van der Waals surface area contributed by atoms with Gasteiger partial charge in [-0.05, 0) is 54.6 Å². The molecule has 31 heavy (non-hydrogen) atoms. The number of hydrogen-bond donors (Lipinski definition) is 2. The molecule has 0 bridgehead atoms. The first-order valence-electron chi connectivity index (χ1n) is 8.93. The molecule has 0 spiro atoms. The number of amides is 1. The lowest BCUT2D eigenvalue weighted by atomic mass is 10.2. The van der Waals surface area contributed by atoms with Crippen molar-refractivity contribution >= 4 is 62.3 Å². The first-order chi connectivity index (χ1) is 14.7. The van der Waals surface area contributed by atoms with Gasteiger partial charge in [0.2, 0.25) is 5.91 Å². The second-order valence-electron chi connectivity index (χ2n) is 6.38. The van der Waals surface area contributed by atoms with E-state index in [2.05, 4.69) is 10.0 Å². The van der Waals surface area contributed by atoms with Gasteiger partial charge in [-0.25, -0.2) is 12.8 Å². The molecule has 1 amide bonds. The fraction of sp³-hybridized carbons (Fsp3) is 0.0952. The van der Waals surface area contributed by atoms with Crippen LogP contribution in [0.4, 0.5) is 15.8 Å². The summed E-state index contributed by atoms with van der Waals surface area (Å²) in [6.07, 6.45) is 0. The van der Waals surface area contributed by atoms with Crippen LogP contribution in [0, 0.1) is 5.82 Å². The van der Waals surface area contributed by atoms with E-state index in [9.17, 15) is 17.6 Å². The third-order valence-electron chi connectivity index (χ3n) is 4.07. The molecule has 5 nitrogen and oxygen atoms in total. The predicted molar refractivity (Wildman–Crippen MR) is 125 cm³/mol. The third-order valence-corrected chi connectivity index (χ3v) is 7.01. The predicted octanol–water partition coefficient (Wildman–Crippen LogP) is 5.81. The summed E-state index contributed by atoms with van der Waals surface area (Å²) < 4.78 is 41.2. The van der Waals surface area contributed by atoms with Gasteiger partial charge < -0.3 is 5.32 Å². The molecule has 3 aromatic rings. The van der Waals surface area contributed by atoms with E-state index in [1.54, 1.807) is 24.3 Å². The molecule has 0 atom stereocenters. The Morgan fingerprint density at radius 2 is 1.68 bits per heavy atom. The number of benzene rings is 3.